The topological polar surface area (TPSA) is 70.6 Å². The summed E-state index contributed by atoms with van der Waals surface area (Å²) in [7, 11) is 3.86. The second-order valence-corrected chi connectivity index (χ2v) is 6.31. The molecule has 0 bridgehead atoms. The van der Waals surface area contributed by atoms with Crippen molar-refractivity contribution in [3.05, 3.63) is 42.4 Å². The highest BCUT2D eigenvalue weighted by atomic mass is 16.5. The Morgan fingerprint density at radius 2 is 2.16 bits per heavy atom. The highest BCUT2D eigenvalue weighted by Crippen LogP contribution is 2.26. The number of aromatic nitrogens is 2. The largest absolute Gasteiger partial charge is 0.485 e. The SMILES string of the molecule is Cc1ccc(NC(=O)N2CCC(Oc3cccnc3N(C)C)C2)cn1. The van der Waals surface area contributed by atoms with Gasteiger partial charge in [-0.15, -0.1) is 0 Å². The first-order valence-electron chi connectivity index (χ1n) is 8.30. The van der Waals surface area contributed by atoms with Crippen LogP contribution in [0, 0.1) is 6.92 Å². The summed E-state index contributed by atoms with van der Waals surface area (Å²) >= 11 is 0. The number of nitrogens with zero attached hydrogens (tertiary/aromatic N) is 4. The molecule has 3 heterocycles. The predicted octanol–water partition coefficient (Wildman–Crippen LogP) is 2.54. The van der Waals surface area contributed by atoms with Crippen molar-refractivity contribution < 1.29 is 9.53 Å². The van der Waals surface area contributed by atoms with Gasteiger partial charge in [-0.05, 0) is 31.2 Å². The second kappa shape index (κ2) is 7.38. The number of pyridine rings is 2. The third-order valence-corrected chi connectivity index (χ3v) is 4.06. The molecule has 1 atom stereocenters. The molecule has 132 valence electrons. The fourth-order valence-electron chi connectivity index (χ4n) is 2.74. The lowest BCUT2D eigenvalue weighted by atomic mass is 10.3. The van der Waals surface area contributed by atoms with E-state index in [1.54, 1.807) is 17.3 Å². The van der Waals surface area contributed by atoms with Crippen molar-refractivity contribution in [2.24, 2.45) is 0 Å². The average Bonchev–Trinajstić information content (AvgIpc) is 3.06. The van der Waals surface area contributed by atoms with Crippen molar-refractivity contribution in [2.75, 3.05) is 37.4 Å². The Morgan fingerprint density at radius 1 is 1.32 bits per heavy atom. The maximum atomic E-state index is 12.4. The van der Waals surface area contributed by atoms with Gasteiger partial charge >= 0.3 is 6.03 Å². The lowest BCUT2D eigenvalue weighted by Gasteiger charge is -2.20. The zero-order valence-corrected chi connectivity index (χ0v) is 14.8. The van der Waals surface area contributed by atoms with Gasteiger partial charge in [0.05, 0.1) is 18.4 Å². The normalized spacial score (nSPS) is 16.6. The van der Waals surface area contributed by atoms with E-state index in [0.717, 1.165) is 23.7 Å². The Hall–Kier alpha value is -2.83. The van der Waals surface area contributed by atoms with Crippen molar-refractivity contribution in [1.82, 2.24) is 14.9 Å². The lowest BCUT2D eigenvalue weighted by Crippen LogP contribution is -2.34. The van der Waals surface area contributed by atoms with Gasteiger partial charge in [0, 0.05) is 39.0 Å². The van der Waals surface area contributed by atoms with Crippen LogP contribution in [-0.2, 0) is 0 Å². The molecule has 7 nitrogen and oxygen atoms in total. The number of amides is 2. The average molecular weight is 341 g/mol. The summed E-state index contributed by atoms with van der Waals surface area (Å²) in [6, 6.07) is 7.35. The van der Waals surface area contributed by atoms with Gasteiger partial charge in [-0.1, -0.05) is 0 Å². The molecule has 1 fully saturated rings. The van der Waals surface area contributed by atoms with E-state index >= 15 is 0 Å². The summed E-state index contributed by atoms with van der Waals surface area (Å²) in [5.74, 6) is 1.53. The van der Waals surface area contributed by atoms with E-state index in [4.69, 9.17) is 4.74 Å². The summed E-state index contributed by atoms with van der Waals surface area (Å²) in [4.78, 5) is 24.6. The van der Waals surface area contributed by atoms with E-state index in [2.05, 4.69) is 15.3 Å². The van der Waals surface area contributed by atoms with Crippen LogP contribution in [0.2, 0.25) is 0 Å². The van der Waals surface area contributed by atoms with Crippen LogP contribution in [0.15, 0.2) is 36.7 Å². The molecule has 0 radical (unpaired) electrons. The summed E-state index contributed by atoms with van der Waals surface area (Å²) in [6.45, 7) is 3.12. The summed E-state index contributed by atoms with van der Waals surface area (Å²) in [6.07, 6.45) is 4.16. The molecule has 7 heteroatoms. The maximum Gasteiger partial charge on any atom is 0.322 e. The van der Waals surface area contributed by atoms with Crippen LogP contribution < -0.4 is 15.0 Å². The molecular weight excluding hydrogens is 318 g/mol. The molecule has 1 aliphatic rings. The van der Waals surface area contributed by atoms with Gasteiger partial charge in [0.2, 0.25) is 0 Å². The molecule has 2 amide bonds. The highest BCUT2D eigenvalue weighted by Gasteiger charge is 2.28. The smallest absolute Gasteiger partial charge is 0.322 e. The number of carbonyl (C=O) groups is 1. The zero-order chi connectivity index (χ0) is 17.8. The maximum absolute atomic E-state index is 12.4. The number of anilines is 2. The minimum absolute atomic E-state index is 0.0372. The molecule has 1 N–H and O–H groups in total. The zero-order valence-electron chi connectivity index (χ0n) is 14.8. The Labute approximate surface area is 147 Å². The molecule has 0 spiro atoms. The molecule has 0 aliphatic carbocycles. The Kier molecular flexibility index (Phi) is 5.02. The number of urea groups is 1. The molecule has 25 heavy (non-hydrogen) atoms. The molecule has 1 aliphatic heterocycles. The first-order chi connectivity index (χ1) is 12.0. The van der Waals surface area contributed by atoms with Gasteiger partial charge in [-0.25, -0.2) is 9.78 Å². The third-order valence-electron chi connectivity index (χ3n) is 4.06. The molecule has 2 aromatic rings. The van der Waals surface area contributed by atoms with Gasteiger partial charge in [-0.2, -0.15) is 0 Å². The van der Waals surface area contributed by atoms with Gasteiger partial charge in [0.15, 0.2) is 11.6 Å². The lowest BCUT2D eigenvalue weighted by molar-refractivity contribution is 0.195. The molecule has 1 unspecified atom stereocenters. The van der Waals surface area contributed by atoms with Crippen LogP contribution in [0.4, 0.5) is 16.3 Å². The number of aryl methyl sites for hydroxylation is 1. The van der Waals surface area contributed by atoms with Gasteiger partial charge in [0.25, 0.3) is 0 Å². The van der Waals surface area contributed by atoms with E-state index in [1.165, 1.54) is 0 Å². The number of likely N-dealkylation sites (tertiary alicyclic amines) is 1. The molecule has 2 aromatic heterocycles. The van der Waals surface area contributed by atoms with Crippen molar-refractivity contribution in [2.45, 2.75) is 19.4 Å². The van der Waals surface area contributed by atoms with Gasteiger partial charge < -0.3 is 19.9 Å². The molecule has 1 saturated heterocycles. The number of hydrogen-bond acceptors (Lipinski definition) is 5. The number of hydrogen-bond donors (Lipinski definition) is 1. The summed E-state index contributed by atoms with van der Waals surface area (Å²) < 4.78 is 6.08. The van der Waals surface area contributed by atoms with E-state index in [0.29, 0.717) is 18.8 Å². The van der Waals surface area contributed by atoms with Crippen molar-refractivity contribution in [3.63, 3.8) is 0 Å². The number of ether oxygens (including phenoxy) is 1. The fraction of sp³-hybridized carbons (Fsp3) is 0.389. The molecule has 0 saturated carbocycles. The first kappa shape index (κ1) is 17.0. The molecular formula is C18H23N5O2. The summed E-state index contributed by atoms with van der Waals surface area (Å²) in [5.41, 5.74) is 1.61. The van der Waals surface area contributed by atoms with Crippen LogP contribution in [0.3, 0.4) is 0 Å². The van der Waals surface area contributed by atoms with Crippen LogP contribution in [0.25, 0.3) is 0 Å². The van der Waals surface area contributed by atoms with Crippen molar-refractivity contribution in [3.8, 4) is 5.75 Å². The van der Waals surface area contributed by atoms with Crippen LogP contribution in [-0.4, -0.2) is 54.2 Å². The van der Waals surface area contributed by atoms with Crippen LogP contribution >= 0.6 is 0 Å². The quantitative estimate of drug-likeness (QED) is 0.925. The van der Waals surface area contributed by atoms with Gasteiger partial charge in [0.1, 0.15) is 6.10 Å². The minimum atomic E-state index is -0.129. The molecule has 0 aromatic carbocycles. The first-order valence-corrected chi connectivity index (χ1v) is 8.30. The van der Waals surface area contributed by atoms with Crippen LogP contribution in [0.1, 0.15) is 12.1 Å². The predicted molar refractivity (Wildman–Crippen MR) is 97.2 cm³/mol. The number of carbonyl (C=O) groups excluding carboxylic acids is 1. The number of rotatable bonds is 4. The number of nitrogens with one attached hydrogen (secondary N) is 1. The monoisotopic (exact) mass is 341 g/mol. The highest BCUT2D eigenvalue weighted by molar-refractivity contribution is 5.89. The van der Waals surface area contributed by atoms with E-state index in [1.807, 2.05) is 50.2 Å². The Bertz CT molecular complexity index is 733. The Morgan fingerprint density at radius 3 is 2.88 bits per heavy atom. The van der Waals surface area contributed by atoms with E-state index in [9.17, 15) is 4.79 Å². The minimum Gasteiger partial charge on any atom is -0.485 e. The molecule has 3 rings (SSSR count). The van der Waals surface area contributed by atoms with Gasteiger partial charge in [-0.3, -0.25) is 4.98 Å². The summed E-state index contributed by atoms with van der Waals surface area (Å²) in [5, 5.41) is 2.87. The van der Waals surface area contributed by atoms with Crippen LogP contribution in [0.5, 0.6) is 5.75 Å². The Balaban J connectivity index is 1.58. The van der Waals surface area contributed by atoms with E-state index < -0.39 is 0 Å². The van der Waals surface area contributed by atoms with Crippen molar-refractivity contribution >= 4 is 17.5 Å². The standard InChI is InChI=1S/C18H23N5O2/c1-13-6-7-14(11-20-13)21-18(24)23-10-8-15(12-23)25-16-5-4-9-19-17(16)22(2)3/h4-7,9,11,15H,8,10,12H2,1-3H3,(H,21,24). The van der Waals surface area contributed by atoms with Crippen molar-refractivity contribution in [1.29, 1.82) is 0 Å². The van der Waals surface area contributed by atoms with E-state index in [-0.39, 0.29) is 12.1 Å². The third kappa shape index (κ3) is 4.17. The fourth-order valence-corrected chi connectivity index (χ4v) is 2.74. The second-order valence-electron chi connectivity index (χ2n) is 6.31.